The van der Waals surface area contributed by atoms with Crippen LogP contribution in [0.5, 0.6) is 0 Å². The van der Waals surface area contributed by atoms with E-state index in [-0.39, 0.29) is 11.4 Å². The summed E-state index contributed by atoms with van der Waals surface area (Å²) in [4.78, 5) is 11.7. The van der Waals surface area contributed by atoms with Crippen molar-refractivity contribution in [1.29, 1.82) is 0 Å². The van der Waals surface area contributed by atoms with Gasteiger partial charge in [-0.25, -0.2) is 9.18 Å². The van der Waals surface area contributed by atoms with E-state index in [0.717, 1.165) is 30.3 Å². The van der Waals surface area contributed by atoms with Crippen LogP contribution in [-0.2, 0) is 6.18 Å². The highest BCUT2D eigenvalue weighted by Gasteiger charge is 2.29. The number of carbonyl (C=O) groups is 1. The molecule has 0 radical (unpaired) electrons. The Bertz CT molecular complexity index is 681. The van der Waals surface area contributed by atoms with Crippen LogP contribution in [0.2, 0.25) is 0 Å². The maximum absolute atomic E-state index is 13.3. The lowest BCUT2D eigenvalue weighted by Crippen LogP contribution is -2.19. The van der Waals surface area contributed by atoms with Gasteiger partial charge in [0.15, 0.2) is 0 Å². The van der Waals surface area contributed by atoms with Crippen molar-refractivity contribution >= 4 is 17.4 Å². The molecule has 2 aromatic carbocycles. The highest BCUT2D eigenvalue weighted by molar-refractivity contribution is 5.99. The molecule has 0 aliphatic rings. The van der Waals surface area contributed by atoms with Gasteiger partial charge in [-0.05, 0) is 48.9 Å². The molecule has 0 fully saturated rings. The van der Waals surface area contributed by atoms with Gasteiger partial charge in [-0.3, -0.25) is 0 Å². The molecular formula is C15H12F4N2O. The number of halogens is 4. The summed E-state index contributed by atoms with van der Waals surface area (Å²) in [6.45, 7) is 1.58. The van der Waals surface area contributed by atoms with Crippen molar-refractivity contribution in [1.82, 2.24) is 0 Å². The molecule has 22 heavy (non-hydrogen) atoms. The minimum Gasteiger partial charge on any atom is -0.308 e. The van der Waals surface area contributed by atoms with E-state index in [0.29, 0.717) is 5.56 Å². The van der Waals surface area contributed by atoms with E-state index in [1.165, 1.54) is 12.1 Å². The number of rotatable bonds is 2. The molecular weight excluding hydrogens is 300 g/mol. The fraction of sp³-hybridized carbons (Fsp3) is 0.133. The van der Waals surface area contributed by atoms with E-state index < -0.39 is 23.6 Å². The molecule has 0 aliphatic carbocycles. The van der Waals surface area contributed by atoms with Crippen LogP contribution in [-0.4, -0.2) is 6.03 Å². The maximum atomic E-state index is 13.3. The summed E-state index contributed by atoms with van der Waals surface area (Å²) in [6, 6.07) is 7.50. The minimum atomic E-state index is -4.43. The number of benzene rings is 2. The van der Waals surface area contributed by atoms with Crippen molar-refractivity contribution in [3.8, 4) is 0 Å². The molecule has 0 saturated heterocycles. The first-order chi connectivity index (χ1) is 10.3. The molecule has 0 heterocycles. The van der Waals surface area contributed by atoms with Gasteiger partial charge < -0.3 is 10.6 Å². The summed E-state index contributed by atoms with van der Waals surface area (Å²) in [5.74, 6) is -0.465. The van der Waals surface area contributed by atoms with Gasteiger partial charge >= 0.3 is 12.2 Å². The Morgan fingerprint density at radius 2 is 1.50 bits per heavy atom. The lowest BCUT2D eigenvalue weighted by atomic mass is 10.2. The van der Waals surface area contributed by atoms with Crippen molar-refractivity contribution in [2.24, 2.45) is 0 Å². The molecule has 0 unspecified atom stereocenters. The third kappa shape index (κ3) is 3.97. The third-order valence-electron chi connectivity index (χ3n) is 2.90. The Labute approximate surface area is 124 Å². The zero-order valence-electron chi connectivity index (χ0n) is 11.5. The van der Waals surface area contributed by atoms with E-state index in [1.54, 1.807) is 6.92 Å². The van der Waals surface area contributed by atoms with Crippen LogP contribution in [0.25, 0.3) is 0 Å². The second-order valence-corrected chi connectivity index (χ2v) is 4.62. The topological polar surface area (TPSA) is 41.1 Å². The monoisotopic (exact) mass is 312 g/mol. The number of anilines is 2. The van der Waals surface area contributed by atoms with Gasteiger partial charge in [-0.15, -0.1) is 0 Å². The average Bonchev–Trinajstić information content (AvgIpc) is 2.42. The molecule has 2 rings (SSSR count). The molecule has 0 bridgehead atoms. The Kier molecular flexibility index (Phi) is 4.35. The van der Waals surface area contributed by atoms with Crippen LogP contribution < -0.4 is 10.6 Å². The van der Waals surface area contributed by atoms with Crippen LogP contribution in [0.3, 0.4) is 0 Å². The SMILES string of the molecule is Cc1ccc(NC(=O)Nc2ccc(C(F)(F)F)cc2)cc1F. The standard InChI is InChI=1S/C15H12F4N2O/c1-9-2-5-12(8-13(9)16)21-14(22)20-11-6-3-10(4-7-11)15(17,18)19/h2-8H,1H3,(H2,20,21,22). The molecule has 116 valence electrons. The molecule has 2 N–H and O–H groups in total. The van der Waals surface area contributed by atoms with Crippen LogP contribution >= 0.6 is 0 Å². The van der Waals surface area contributed by atoms with Crippen molar-refractivity contribution in [2.45, 2.75) is 13.1 Å². The summed E-state index contributed by atoms with van der Waals surface area (Å²) in [7, 11) is 0. The van der Waals surface area contributed by atoms with Gasteiger partial charge in [0.2, 0.25) is 0 Å². The summed E-state index contributed by atoms with van der Waals surface area (Å²) in [5.41, 5.74) is 0.0679. The number of urea groups is 1. The predicted molar refractivity (Wildman–Crippen MR) is 75.2 cm³/mol. The lowest BCUT2D eigenvalue weighted by Gasteiger charge is -2.10. The van der Waals surface area contributed by atoms with Crippen LogP contribution in [0, 0.1) is 12.7 Å². The largest absolute Gasteiger partial charge is 0.416 e. The van der Waals surface area contributed by atoms with Crippen molar-refractivity contribution in [2.75, 3.05) is 10.6 Å². The zero-order valence-corrected chi connectivity index (χ0v) is 11.5. The summed E-state index contributed by atoms with van der Waals surface area (Å²) in [6.07, 6.45) is -4.43. The first kappa shape index (κ1) is 15.8. The van der Waals surface area contributed by atoms with Crippen LogP contribution in [0.15, 0.2) is 42.5 Å². The van der Waals surface area contributed by atoms with Gasteiger partial charge in [-0.1, -0.05) is 6.07 Å². The van der Waals surface area contributed by atoms with E-state index >= 15 is 0 Å². The molecule has 0 aliphatic heterocycles. The van der Waals surface area contributed by atoms with Gasteiger partial charge in [0.05, 0.1) is 5.56 Å². The number of hydrogen-bond donors (Lipinski definition) is 2. The van der Waals surface area contributed by atoms with Gasteiger partial charge in [0, 0.05) is 11.4 Å². The quantitative estimate of drug-likeness (QED) is 0.769. The third-order valence-corrected chi connectivity index (χ3v) is 2.90. The Morgan fingerprint density at radius 1 is 0.955 bits per heavy atom. The van der Waals surface area contributed by atoms with Gasteiger partial charge in [0.25, 0.3) is 0 Å². The number of amides is 2. The maximum Gasteiger partial charge on any atom is 0.416 e. The van der Waals surface area contributed by atoms with E-state index in [1.807, 2.05) is 0 Å². The molecule has 0 atom stereocenters. The number of hydrogen-bond acceptors (Lipinski definition) is 1. The van der Waals surface area contributed by atoms with Crippen LogP contribution in [0.4, 0.5) is 33.7 Å². The van der Waals surface area contributed by atoms with E-state index in [2.05, 4.69) is 10.6 Å². The lowest BCUT2D eigenvalue weighted by molar-refractivity contribution is -0.137. The Morgan fingerprint density at radius 3 is 2.05 bits per heavy atom. The number of alkyl halides is 3. The van der Waals surface area contributed by atoms with Gasteiger partial charge in [-0.2, -0.15) is 13.2 Å². The molecule has 2 aromatic rings. The molecule has 0 saturated carbocycles. The highest BCUT2D eigenvalue weighted by atomic mass is 19.4. The fourth-order valence-corrected chi connectivity index (χ4v) is 1.71. The van der Waals surface area contributed by atoms with Crippen LogP contribution in [0.1, 0.15) is 11.1 Å². The fourth-order valence-electron chi connectivity index (χ4n) is 1.71. The number of nitrogens with one attached hydrogen (secondary N) is 2. The normalized spacial score (nSPS) is 11.1. The van der Waals surface area contributed by atoms with Crippen molar-refractivity contribution in [3.05, 3.63) is 59.4 Å². The summed E-state index contributed by atoms with van der Waals surface area (Å²) in [5, 5.41) is 4.75. The molecule has 0 spiro atoms. The first-order valence-corrected chi connectivity index (χ1v) is 6.27. The molecule has 3 nitrogen and oxygen atoms in total. The molecule has 7 heteroatoms. The van der Waals surface area contributed by atoms with Crippen molar-refractivity contribution < 1.29 is 22.4 Å². The average molecular weight is 312 g/mol. The Balaban J connectivity index is 2.01. The predicted octanol–water partition coefficient (Wildman–Crippen LogP) is 4.80. The molecule has 2 amide bonds. The first-order valence-electron chi connectivity index (χ1n) is 6.27. The number of carbonyl (C=O) groups excluding carboxylic acids is 1. The van der Waals surface area contributed by atoms with Crippen molar-refractivity contribution in [3.63, 3.8) is 0 Å². The molecule has 0 aromatic heterocycles. The Hall–Kier alpha value is -2.57. The minimum absolute atomic E-state index is 0.193. The number of aryl methyl sites for hydroxylation is 1. The second-order valence-electron chi connectivity index (χ2n) is 4.62. The summed E-state index contributed by atoms with van der Waals surface area (Å²) >= 11 is 0. The van der Waals surface area contributed by atoms with Gasteiger partial charge in [0.1, 0.15) is 5.82 Å². The second kappa shape index (κ2) is 6.05. The summed E-state index contributed by atoms with van der Waals surface area (Å²) < 4.78 is 50.5. The zero-order chi connectivity index (χ0) is 16.3. The van der Waals surface area contributed by atoms with E-state index in [4.69, 9.17) is 0 Å². The smallest absolute Gasteiger partial charge is 0.308 e. The highest BCUT2D eigenvalue weighted by Crippen LogP contribution is 2.29. The van der Waals surface area contributed by atoms with E-state index in [9.17, 15) is 22.4 Å².